The zero-order chi connectivity index (χ0) is 15.0. The van der Waals surface area contributed by atoms with Gasteiger partial charge in [-0.05, 0) is 29.8 Å². The number of methoxy groups -OCH3 is 1. The van der Waals surface area contributed by atoms with E-state index >= 15 is 0 Å². The summed E-state index contributed by atoms with van der Waals surface area (Å²) in [5.74, 6) is 1.49. The lowest BCUT2D eigenvalue weighted by Gasteiger charge is -2.19. The Hall–Kier alpha value is -1.42. The van der Waals surface area contributed by atoms with Gasteiger partial charge in [0.1, 0.15) is 11.5 Å². The Kier molecular flexibility index (Phi) is 3.98. The van der Waals surface area contributed by atoms with Crippen LogP contribution in [0.4, 0.5) is 0 Å². The summed E-state index contributed by atoms with van der Waals surface area (Å²) in [6, 6.07) is 8.81. The molecule has 2 aromatic carbocycles. The van der Waals surface area contributed by atoms with Gasteiger partial charge in [0, 0.05) is 27.6 Å². The topological polar surface area (TPSA) is 44.5 Å². The number of halogens is 2. The first-order valence-electron chi connectivity index (χ1n) is 6.64. The molecule has 5 heteroatoms. The van der Waals surface area contributed by atoms with Gasteiger partial charge in [0.25, 0.3) is 0 Å². The average Bonchev–Trinajstić information content (AvgIpc) is 2.93. The molecule has 0 spiro atoms. The van der Waals surface area contributed by atoms with E-state index in [4.69, 9.17) is 38.4 Å². The highest BCUT2D eigenvalue weighted by molar-refractivity contribution is 6.31. The number of rotatable bonds is 3. The van der Waals surface area contributed by atoms with Gasteiger partial charge in [0.05, 0.1) is 19.8 Å². The van der Waals surface area contributed by atoms with E-state index in [9.17, 15) is 0 Å². The summed E-state index contributed by atoms with van der Waals surface area (Å²) < 4.78 is 11.1. The molecule has 0 radical (unpaired) electrons. The smallest absolute Gasteiger partial charge is 0.127 e. The summed E-state index contributed by atoms with van der Waals surface area (Å²) in [6.07, 6.45) is 0.855. The molecule has 21 heavy (non-hydrogen) atoms. The maximum atomic E-state index is 6.42. The Morgan fingerprint density at radius 3 is 2.71 bits per heavy atom. The molecular weight excluding hydrogens is 309 g/mol. The standard InChI is InChI=1S/C16H15Cl2NO2/c1-20-14-8-10(17)2-3-12(14)15(19)13-7-11(18)6-9-4-5-21-16(9)13/h2-3,6-8,15H,4-5,19H2,1H3. The molecular formula is C16H15Cl2NO2. The van der Waals surface area contributed by atoms with Crippen molar-refractivity contribution >= 4 is 23.2 Å². The van der Waals surface area contributed by atoms with E-state index in [0.717, 1.165) is 28.9 Å². The highest BCUT2D eigenvalue weighted by atomic mass is 35.5. The normalized spacial score (nSPS) is 14.5. The van der Waals surface area contributed by atoms with E-state index in [-0.39, 0.29) is 6.04 Å². The van der Waals surface area contributed by atoms with E-state index < -0.39 is 0 Å². The van der Waals surface area contributed by atoms with Crippen LogP contribution < -0.4 is 15.2 Å². The Balaban J connectivity index is 2.09. The Morgan fingerprint density at radius 1 is 1.14 bits per heavy atom. The Labute approximate surface area is 133 Å². The van der Waals surface area contributed by atoms with E-state index in [1.165, 1.54) is 0 Å². The molecule has 0 saturated heterocycles. The lowest BCUT2D eigenvalue weighted by Crippen LogP contribution is -2.14. The molecule has 0 saturated carbocycles. The minimum atomic E-state index is -0.386. The van der Waals surface area contributed by atoms with Crippen molar-refractivity contribution in [3.8, 4) is 11.5 Å². The molecule has 1 heterocycles. The number of nitrogens with two attached hydrogens (primary N) is 1. The summed E-state index contributed by atoms with van der Waals surface area (Å²) in [5.41, 5.74) is 9.24. The zero-order valence-electron chi connectivity index (χ0n) is 11.5. The molecule has 0 amide bonds. The first-order chi connectivity index (χ1) is 10.1. The number of fused-ring (bicyclic) bond motifs is 1. The van der Waals surface area contributed by atoms with Crippen LogP contribution in [-0.2, 0) is 6.42 Å². The first-order valence-corrected chi connectivity index (χ1v) is 7.40. The van der Waals surface area contributed by atoms with Gasteiger partial charge in [-0.2, -0.15) is 0 Å². The van der Waals surface area contributed by atoms with E-state index in [2.05, 4.69) is 0 Å². The third-order valence-electron chi connectivity index (χ3n) is 3.64. The van der Waals surface area contributed by atoms with E-state index in [1.807, 2.05) is 18.2 Å². The summed E-state index contributed by atoms with van der Waals surface area (Å²) >= 11 is 12.2. The van der Waals surface area contributed by atoms with Crippen LogP contribution in [-0.4, -0.2) is 13.7 Å². The Bertz CT molecular complexity index is 688. The zero-order valence-corrected chi connectivity index (χ0v) is 13.0. The first kappa shape index (κ1) is 14.5. The fourth-order valence-corrected chi connectivity index (χ4v) is 3.05. The highest BCUT2D eigenvalue weighted by Gasteiger charge is 2.24. The molecule has 0 aliphatic carbocycles. The van der Waals surface area contributed by atoms with Gasteiger partial charge in [-0.15, -0.1) is 0 Å². The maximum Gasteiger partial charge on any atom is 0.127 e. The van der Waals surface area contributed by atoms with Crippen LogP contribution in [0.5, 0.6) is 11.5 Å². The van der Waals surface area contributed by atoms with Crippen molar-refractivity contribution in [2.75, 3.05) is 13.7 Å². The van der Waals surface area contributed by atoms with Gasteiger partial charge in [0.15, 0.2) is 0 Å². The number of ether oxygens (including phenoxy) is 2. The molecule has 0 aromatic heterocycles. The van der Waals surface area contributed by atoms with Crippen molar-refractivity contribution in [3.63, 3.8) is 0 Å². The fourth-order valence-electron chi connectivity index (χ4n) is 2.64. The minimum Gasteiger partial charge on any atom is -0.496 e. The fraction of sp³-hybridized carbons (Fsp3) is 0.250. The SMILES string of the molecule is COc1cc(Cl)ccc1C(N)c1cc(Cl)cc2c1OCC2. The molecule has 3 nitrogen and oxygen atoms in total. The predicted molar refractivity (Wildman–Crippen MR) is 84.7 cm³/mol. The monoisotopic (exact) mass is 323 g/mol. The van der Waals surface area contributed by atoms with Crippen LogP contribution in [0.1, 0.15) is 22.7 Å². The molecule has 2 N–H and O–H groups in total. The van der Waals surface area contributed by atoms with Gasteiger partial charge in [-0.25, -0.2) is 0 Å². The molecule has 1 atom stereocenters. The quantitative estimate of drug-likeness (QED) is 0.929. The van der Waals surface area contributed by atoms with Crippen LogP contribution in [0.15, 0.2) is 30.3 Å². The van der Waals surface area contributed by atoms with E-state index in [1.54, 1.807) is 19.2 Å². The number of benzene rings is 2. The predicted octanol–water partition coefficient (Wildman–Crippen LogP) is 3.99. The second kappa shape index (κ2) is 5.76. The van der Waals surface area contributed by atoms with Crippen molar-refractivity contribution in [1.29, 1.82) is 0 Å². The van der Waals surface area contributed by atoms with Crippen LogP contribution in [0, 0.1) is 0 Å². The summed E-state index contributed by atoms with van der Waals surface area (Å²) in [4.78, 5) is 0. The van der Waals surface area contributed by atoms with Crippen LogP contribution >= 0.6 is 23.2 Å². The van der Waals surface area contributed by atoms with Gasteiger partial charge >= 0.3 is 0 Å². The third kappa shape index (κ3) is 2.69. The van der Waals surface area contributed by atoms with E-state index in [0.29, 0.717) is 22.4 Å². The Morgan fingerprint density at radius 2 is 1.95 bits per heavy atom. The van der Waals surface area contributed by atoms with Crippen molar-refractivity contribution < 1.29 is 9.47 Å². The van der Waals surface area contributed by atoms with Gasteiger partial charge < -0.3 is 15.2 Å². The lowest BCUT2D eigenvalue weighted by atomic mass is 9.96. The average molecular weight is 324 g/mol. The minimum absolute atomic E-state index is 0.386. The molecule has 2 aromatic rings. The third-order valence-corrected chi connectivity index (χ3v) is 4.10. The maximum absolute atomic E-state index is 6.42. The van der Waals surface area contributed by atoms with Crippen LogP contribution in [0.3, 0.4) is 0 Å². The summed E-state index contributed by atoms with van der Waals surface area (Å²) in [6.45, 7) is 0.660. The lowest BCUT2D eigenvalue weighted by molar-refractivity contribution is 0.352. The van der Waals surface area contributed by atoms with Crippen molar-refractivity contribution in [1.82, 2.24) is 0 Å². The van der Waals surface area contributed by atoms with Gasteiger partial charge in [0.2, 0.25) is 0 Å². The molecule has 110 valence electrons. The summed E-state index contributed by atoms with van der Waals surface area (Å²) in [7, 11) is 1.60. The van der Waals surface area contributed by atoms with Crippen LogP contribution in [0.25, 0.3) is 0 Å². The van der Waals surface area contributed by atoms with Crippen LogP contribution in [0.2, 0.25) is 10.0 Å². The van der Waals surface area contributed by atoms with Gasteiger partial charge in [-0.3, -0.25) is 0 Å². The molecule has 3 rings (SSSR count). The number of hydrogen-bond acceptors (Lipinski definition) is 3. The largest absolute Gasteiger partial charge is 0.496 e. The molecule has 1 unspecified atom stereocenters. The molecule has 0 bridgehead atoms. The second-order valence-electron chi connectivity index (χ2n) is 4.95. The van der Waals surface area contributed by atoms with Crippen molar-refractivity contribution in [2.24, 2.45) is 5.73 Å². The second-order valence-corrected chi connectivity index (χ2v) is 5.82. The molecule has 1 aliphatic rings. The van der Waals surface area contributed by atoms with Gasteiger partial charge in [-0.1, -0.05) is 29.3 Å². The highest BCUT2D eigenvalue weighted by Crippen LogP contribution is 2.40. The van der Waals surface area contributed by atoms with Crippen molar-refractivity contribution in [3.05, 3.63) is 57.1 Å². The number of hydrogen-bond donors (Lipinski definition) is 1. The van der Waals surface area contributed by atoms with Crippen molar-refractivity contribution in [2.45, 2.75) is 12.5 Å². The molecule has 0 fully saturated rings. The summed E-state index contributed by atoms with van der Waals surface area (Å²) in [5, 5.41) is 1.27. The molecule has 1 aliphatic heterocycles.